The minimum absolute atomic E-state index is 0.174. The number of rotatable bonds is 4. The molecule has 8 nitrogen and oxygen atoms in total. The van der Waals surface area contributed by atoms with Gasteiger partial charge in [-0.15, -0.1) is 0 Å². The van der Waals surface area contributed by atoms with E-state index in [2.05, 4.69) is 16.1 Å². The standard InChI is InChI=1S/C16H32N4O4/c1-11(20-10-8-9-17-20)12(18-13(21)23-15(2,3)4)19-14(22)24-16(5,6)7/h11-12,17H,8-10H2,1-7H3,(H,18,21)(H,19,22). The maximum absolute atomic E-state index is 12.1. The van der Waals surface area contributed by atoms with Gasteiger partial charge in [0, 0.05) is 13.1 Å². The number of amides is 2. The normalized spacial score (nSPS) is 17.5. The van der Waals surface area contributed by atoms with E-state index in [1.807, 2.05) is 11.9 Å². The van der Waals surface area contributed by atoms with Gasteiger partial charge >= 0.3 is 12.2 Å². The van der Waals surface area contributed by atoms with Gasteiger partial charge in [0.2, 0.25) is 0 Å². The molecule has 2 amide bonds. The first-order valence-electron chi connectivity index (χ1n) is 8.36. The van der Waals surface area contributed by atoms with Crippen LogP contribution in [0.15, 0.2) is 0 Å². The van der Waals surface area contributed by atoms with Crippen molar-refractivity contribution in [3.05, 3.63) is 0 Å². The summed E-state index contributed by atoms with van der Waals surface area (Å²) in [5.41, 5.74) is 2.00. The SMILES string of the molecule is CC(C(NC(=O)OC(C)(C)C)NC(=O)OC(C)(C)C)N1CCCN1. The average Bonchev–Trinajstić information content (AvgIpc) is 2.85. The first-order valence-corrected chi connectivity index (χ1v) is 8.36. The lowest BCUT2D eigenvalue weighted by Gasteiger charge is -2.33. The Labute approximate surface area is 144 Å². The summed E-state index contributed by atoms with van der Waals surface area (Å²) < 4.78 is 10.6. The lowest BCUT2D eigenvalue weighted by atomic mass is 10.2. The molecule has 0 saturated carbocycles. The van der Waals surface area contributed by atoms with Crippen molar-refractivity contribution in [1.82, 2.24) is 21.1 Å². The van der Waals surface area contributed by atoms with Crippen LogP contribution in [0.25, 0.3) is 0 Å². The molecular weight excluding hydrogens is 312 g/mol. The van der Waals surface area contributed by atoms with Gasteiger partial charge in [-0.05, 0) is 54.9 Å². The van der Waals surface area contributed by atoms with Crippen LogP contribution >= 0.6 is 0 Å². The first-order chi connectivity index (χ1) is 10.9. The highest BCUT2D eigenvalue weighted by Gasteiger charge is 2.31. The summed E-state index contributed by atoms with van der Waals surface area (Å²) in [7, 11) is 0. The molecule has 0 aromatic carbocycles. The molecule has 1 rings (SSSR count). The third-order valence-electron chi connectivity index (χ3n) is 3.21. The third-order valence-corrected chi connectivity index (χ3v) is 3.21. The Morgan fingerprint density at radius 2 is 1.46 bits per heavy atom. The molecule has 0 aliphatic carbocycles. The number of ether oxygens (including phenoxy) is 2. The molecule has 3 N–H and O–H groups in total. The lowest BCUT2D eigenvalue weighted by Crippen LogP contribution is -2.61. The number of nitrogens with zero attached hydrogens (tertiary/aromatic N) is 1. The summed E-state index contributed by atoms with van der Waals surface area (Å²) in [4.78, 5) is 24.2. The molecule has 24 heavy (non-hydrogen) atoms. The number of alkyl carbamates (subject to hydrolysis) is 2. The summed E-state index contributed by atoms with van der Waals surface area (Å²) in [5.74, 6) is 0. The number of hydrogen-bond acceptors (Lipinski definition) is 6. The van der Waals surface area contributed by atoms with E-state index >= 15 is 0 Å². The molecule has 1 saturated heterocycles. The molecule has 0 bridgehead atoms. The Morgan fingerprint density at radius 3 is 1.79 bits per heavy atom. The zero-order valence-corrected chi connectivity index (χ0v) is 15.9. The minimum atomic E-state index is -0.653. The van der Waals surface area contributed by atoms with Crippen molar-refractivity contribution in [1.29, 1.82) is 0 Å². The smallest absolute Gasteiger partial charge is 0.409 e. The fourth-order valence-corrected chi connectivity index (χ4v) is 2.23. The van der Waals surface area contributed by atoms with Gasteiger partial charge < -0.3 is 9.47 Å². The second kappa shape index (κ2) is 8.02. The van der Waals surface area contributed by atoms with Gasteiger partial charge in [-0.1, -0.05) is 0 Å². The zero-order valence-electron chi connectivity index (χ0n) is 15.9. The van der Waals surface area contributed by atoms with Crippen LogP contribution in [0.5, 0.6) is 0 Å². The molecule has 0 spiro atoms. The molecule has 0 aromatic heterocycles. The number of hydrazine groups is 1. The van der Waals surface area contributed by atoms with E-state index in [0.717, 1.165) is 19.5 Å². The Balaban J connectivity index is 2.74. The molecule has 1 fully saturated rings. The zero-order chi connectivity index (χ0) is 18.5. The van der Waals surface area contributed by atoms with Gasteiger partial charge in [0.15, 0.2) is 0 Å². The number of nitrogens with one attached hydrogen (secondary N) is 3. The molecule has 1 heterocycles. The van der Waals surface area contributed by atoms with E-state index in [0.29, 0.717) is 0 Å². The molecule has 0 aromatic rings. The quantitative estimate of drug-likeness (QED) is 0.675. The van der Waals surface area contributed by atoms with Gasteiger partial charge in [0.25, 0.3) is 0 Å². The van der Waals surface area contributed by atoms with E-state index in [4.69, 9.17) is 9.47 Å². The Bertz CT molecular complexity index is 406. The van der Waals surface area contributed by atoms with E-state index in [-0.39, 0.29) is 6.04 Å². The highest BCUT2D eigenvalue weighted by molar-refractivity contribution is 5.71. The summed E-state index contributed by atoms with van der Waals surface area (Å²) in [6.07, 6.45) is -0.819. The minimum Gasteiger partial charge on any atom is -0.444 e. The lowest BCUT2D eigenvalue weighted by molar-refractivity contribution is 0.0337. The van der Waals surface area contributed by atoms with E-state index in [1.54, 1.807) is 41.5 Å². The fourth-order valence-electron chi connectivity index (χ4n) is 2.23. The molecule has 1 unspecified atom stereocenters. The summed E-state index contributed by atoms with van der Waals surface area (Å²) in [6.45, 7) is 14.3. The van der Waals surface area contributed by atoms with Gasteiger partial charge in [0.1, 0.15) is 17.4 Å². The van der Waals surface area contributed by atoms with E-state index in [9.17, 15) is 9.59 Å². The van der Waals surface area contributed by atoms with Crippen molar-refractivity contribution in [2.75, 3.05) is 13.1 Å². The molecule has 0 radical (unpaired) electrons. The second-order valence-corrected chi connectivity index (χ2v) is 7.97. The van der Waals surface area contributed by atoms with Gasteiger partial charge in [-0.25, -0.2) is 14.6 Å². The van der Waals surface area contributed by atoms with Crippen LogP contribution < -0.4 is 16.1 Å². The van der Waals surface area contributed by atoms with Crippen LogP contribution in [0.2, 0.25) is 0 Å². The van der Waals surface area contributed by atoms with Crippen LogP contribution in [0, 0.1) is 0 Å². The third kappa shape index (κ3) is 7.83. The fraction of sp³-hybridized carbons (Fsp3) is 0.875. The van der Waals surface area contributed by atoms with E-state index in [1.165, 1.54) is 0 Å². The van der Waals surface area contributed by atoms with Crippen molar-refractivity contribution < 1.29 is 19.1 Å². The van der Waals surface area contributed by atoms with Gasteiger partial charge in [-0.3, -0.25) is 16.1 Å². The van der Waals surface area contributed by atoms with Crippen molar-refractivity contribution in [3.63, 3.8) is 0 Å². The summed E-state index contributed by atoms with van der Waals surface area (Å²) in [5, 5.41) is 7.41. The first kappa shape index (κ1) is 20.5. The molecule has 1 atom stereocenters. The number of hydrogen-bond donors (Lipinski definition) is 3. The maximum atomic E-state index is 12.1. The molecule has 1 aliphatic rings. The van der Waals surface area contributed by atoms with E-state index < -0.39 is 29.6 Å². The van der Waals surface area contributed by atoms with Crippen LogP contribution in [-0.4, -0.2) is 53.7 Å². The van der Waals surface area contributed by atoms with Crippen LogP contribution in [-0.2, 0) is 9.47 Å². The van der Waals surface area contributed by atoms with Crippen molar-refractivity contribution >= 4 is 12.2 Å². The van der Waals surface area contributed by atoms with Crippen LogP contribution in [0.4, 0.5) is 9.59 Å². The predicted octanol–water partition coefficient (Wildman–Crippen LogP) is 1.96. The topological polar surface area (TPSA) is 91.9 Å². The Hall–Kier alpha value is -1.54. The summed E-state index contributed by atoms with van der Waals surface area (Å²) >= 11 is 0. The van der Waals surface area contributed by atoms with Gasteiger partial charge in [-0.2, -0.15) is 0 Å². The van der Waals surface area contributed by atoms with Crippen molar-refractivity contribution in [2.45, 2.75) is 78.3 Å². The van der Waals surface area contributed by atoms with Crippen molar-refractivity contribution in [2.24, 2.45) is 0 Å². The highest BCUT2D eigenvalue weighted by Crippen LogP contribution is 2.11. The maximum Gasteiger partial charge on any atom is 0.409 e. The number of carbonyl (C=O) groups is 2. The van der Waals surface area contributed by atoms with Crippen LogP contribution in [0.1, 0.15) is 54.9 Å². The second-order valence-electron chi connectivity index (χ2n) is 7.97. The predicted molar refractivity (Wildman–Crippen MR) is 91.3 cm³/mol. The number of carbonyl (C=O) groups excluding carboxylic acids is 2. The largest absolute Gasteiger partial charge is 0.444 e. The van der Waals surface area contributed by atoms with Gasteiger partial charge in [0.05, 0.1) is 6.04 Å². The molecule has 140 valence electrons. The summed E-state index contributed by atoms with van der Waals surface area (Å²) in [6, 6.07) is -0.174. The molecule has 8 heteroatoms. The van der Waals surface area contributed by atoms with Crippen molar-refractivity contribution in [3.8, 4) is 0 Å². The molecular formula is C16H32N4O4. The highest BCUT2D eigenvalue weighted by atomic mass is 16.6. The van der Waals surface area contributed by atoms with Crippen LogP contribution in [0.3, 0.4) is 0 Å². The average molecular weight is 344 g/mol. The Morgan fingerprint density at radius 1 is 1.00 bits per heavy atom. The molecule has 1 aliphatic heterocycles. The monoisotopic (exact) mass is 344 g/mol. The Kier molecular flexibility index (Phi) is 6.86.